The molecule has 0 saturated heterocycles. The summed E-state index contributed by atoms with van der Waals surface area (Å²) in [6.07, 6.45) is 3.90. The molecule has 1 aliphatic rings. The number of hydrogen-bond acceptors (Lipinski definition) is 1. The van der Waals surface area contributed by atoms with Crippen molar-refractivity contribution in [2.75, 3.05) is 0 Å². The molecule has 0 aromatic heterocycles. The van der Waals surface area contributed by atoms with Crippen molar-refractivity contribution in [3.8, 4) is 6.07 Å². The molecule has 2 heteroatoms. The Morgan fingerprint density at radius 2 is 2.42 bits per heavy atom. The van der Waals surface area contributed by atoms with Gasteiger partial charge in [-0.05, 0) is 37.5 Å². The first-order chi connectivity index (χ1) is 5.79. The first kappa shape index (κ1) is 9.51. The molecule has 1 aliphatic carbocycles. The smallest absolute Gasteiger partial charge is 0.106 e. The number of rotatable bonds is 3. The lowest BCUT2D eigenvalue weighted by atomic mass is 9.97. The van der Waals surface area contributed by atoms with Crippen LogP contribution in [-0.2, 0) is 0 Å². The first-order valence-electron chi connectivity index (χ1n) is 4.43. The van der Waals surface area contributed by atoms with Crippen molar-refractivity contribution < 1.29 is 4.39 Å². The summed E-state index contributed by atoms with van der Waals surface area (Å²) in [5.74, 6) is 0.116. The van der Waals surface area contributed by atoms with Gasteiger partial charge in [-0.15, -0.1) is 0 Å². The Bertz CT molecular complexity index is 173. The van der Waals surface area contributed by atoms with E-state index in [0.29, 0.717) is 19.3 Å². The van der Waals surface area contributed by atoms with Crippen LogP contribution in [0.4, 0.5) is 4.39 Å². The number of nitriles is 1. The predicted octanol–water partition coefficient (Wildman–Crippen LogP) is 2.69. The van der Waals surface area contributed by atoms with Gasteiger partial charge in [-0.1, -0.05) is 6.92 Å². The number of halogens is 1. The van der Waals surface area contributed by atoms with Crippen molar-refractivity contribution in [3.05, 3.63) is 13.3 Å². The highest BCUT2D eigenvalue weighted by atomic mass is 19.1. The van der Waals surface area contributed by atoms with Crippen LogP contribution in [0.25, 0.3) is 0 Å². The number of hydrogen-bond donors (Lipinski definition) is 0. The Morgan fingerprint density at radius 3 is 2.92 bits per heavy atom. The molecule has 2 radical (unpaired) electrons. The van der Waals surface area contributed by atoms with Crippen molar-refractivity contribution in [2.45, 2.75) is 31.9 Å². The van der Waals surface area contributed by atoms with Crippen molar-refractivity contribution >= 4 is 0 Å². The molecule has 0 heterocycles. The summed E-state index contributed by atoms with van der Waals surface area (Å²) in [4.78, 5) is 0. The third kappa shape index (κ3) is 1.97. The van der Waals surface area contributed by atoms with Crippen molar-refractivity contribution in [1.82, 2.24) is 0 Å². The molecule has 0 aromatic carbocycles. The van der Waals surface area contributed by atoms with Gasteiger partial charge in [0.1, 0.15) is 6.17 Å². The topological polar surface area (TPSA) is 23.8 Å². The summed E-state index contributed by atoms with van der Waals surface area (Å²) >= 11 is 0. The van der Waals surface area contributed by atoms with Gasteiger partial charge in [0.2, 0.25) is 0 Å². The van der Waals surface area contributed by atoms with Gasteiger partial charge >= 0.3 is 0 Å². The molecule has 0 N–H and O–H groups in total. The molecule has 66 valence electrons. The first-order valence-corrected chi connectivity index (χ1v) is 4.43. The summed E-state index contributed by atoms with van der Waals surface area (Å²) in [7, 11) is 0. The van der Waals surface area contributed by atoms with E-state index < -0.39 is 6.17 Å². The highest BCUT2D eigenvalue weighted by Gasteiger charge is 2.34. The van der Waals surface area contributed by atoms with Crippen LogP contribution < -0.4 is 0 Å². The second-order valence-corrected chi connectivity index (χ2v) is 3.33. The van der Waals surface area contributed by atoms with Crippen molar-refractivity contribution in [3.63, 3.8) is 0 Å². The minimum Gasteiger partial charge on any atom is -0.247 e. The lowest BCUT2D eigenvalue weighted by Crippen LogP contribution is -2.15. The van der Waals surface area contributed by atoms with E-state index in [1.807, 2.05) is 12.5 Å². The standard InChI is InChI=1S/C10H14FN/c1-2-8-5-6-9(10(8)11)4-3-7-12/h6,8-10H,1-5H2. The fourth-order valence-electron chi connectivity index (χ4n) is 1.74. The Labute approximate surface area is 73.6 Å². The van der Waals surface area contributed by atoms with Crippen LogP contribution in [0.3, 0.4) is 0 Å². The highest BCUT2D eigenvalue weighted by molar-refractivity contribution is 4.97. The third-order valence-corrected chi connectivity index (χ3v) is 2.56. The Balaban J connectivity index is 2.34. The normalized spacial score (nSPS) is 34.9. The molecule has 0 spiro atoms. The maximum Gasteiger partial charge on any atom is 0.106 e. The van der Waals surface area contributed by atoms with Crippen molar-refractivity contribution in [2.24, 2.45) is 11.8 Å². The summed E-state index contributed by atoms with van der Waals surface area (Å²) in [5.41, 5.74) is 0. The SMILES string of the molecule is [CH2]CC1C[CH]C(CCC#N)C1F. The van der Waals surface area contributed by atoms with E-state index in [1.165, 1.54) is 0 Å². The molecule has 3 unspecified atom stereocenters. The maximum atomic E-state index is 13.4. The van der Waals surface area contributed by atoms with Crippen LogP contribution in [0.1, 0.15) is 25.7 Å². The molecule has 1 rings (SSSR count). The van der Waals surface area contributed by atoms with Gasteiger partial charge in [0.15, 0.2) is 0 Å². The molecule has 12 heavy (non-hydrogen) atoms. The Kier molecular flexibility index (Phi) is 3.52. The lowest BCUT2D eigenvalue weighted by Gasteiger charge is -2.14. The van der Waals surface area contributed by atoms with Crippen LogP contribution in [0.15, 0.2) is 0 Å². The van der Waals surface area contributed by atoms with Gasteiger partial charge < -0.3 is 0 Å². The average Bonchev–Trinajstić information content (AvgIpc) is 2.43. The molecule has 0 aliphatic heterocycles. The van der Waals surface area contributed by atoms with Gasteiger partial charge in [0.25, 0.3) is 0 Å². The molecular formula is C10H14FN. The summed E-state index contributed by atoms with van der Waals surface area (Å²) in [6.45, 7) is 3.71. The van der Waals surface area contributed by atoms with Gasteiger partial charge in [-0.2, -0.15) is 5.26 Å². The Morgan fingerprint density at radius 1 is 1.67 bits per heavy atom. The second kappa shape index (κ2) is 4.45. The molecule has 0 aromatic rings. The minimum atomic E-state index is -0.754. The van der Waals surface area contributed by atoms with E-state index in [9.17, 15) is 4.39 Å². The average molecular weight is 167 g/mol. The van der Waals surface area contributed by atoms with E-state index in [2.05, 4.69) is 6.92 Å². The molecule has 1 nitrogen and oxygen atoms in total. The van der Waals surface area contributed by atoms with Crippen LogP contribution in [0, 0.1) is 36.5 Å². The minimum absolute atomic E-state index is 0.0106. The van der Waals surface area contributed by atoms with Gasteiger partial charge in [0, 0.05) is 6.42 Å². The molecule has 0 bridgehead atoms. The van der Waals surface area contributed by atoms with Crippen LogP contribution in [-0.4, -0.2) is 6.17 Å². The van der Waals surface area contributed by atoms with E-state index in [1.54, 1.807) is 0 Å². The van der Waals surface area contributed by atoms with Gasteiger partial charge in [-0.25, -0.2) is 4.39 Å². The number of nitrogens with zero attached hydrogens (tertiary/aromatic N) is 1. The maximum absolute atomic E-state index is 13.4. The lowest BCUT2D eigenvalue weighted by molar-refractivity contribution is 0.208. The molecular weight excluding hydrogens is 153 g/mol. The van der Waals surface area contributed by atoms with E-state index in [-0.39, 0.29) is 11.8 Å². The predicted molar refractivity (Wildman–Crippen MR) is 45.6 cm³/mol. The quantitative estimate of drug-likeness (QED) is 0.634. The monoisotopic (exact) mass is 167 g/mol. The fourth-order valence-corrected chi connectivity index (χ4v) is 1.74. The van der Waals surface area contributed by atoms with Crippen LogP contribution in [0.5, 0.6) is 0 Å². The second-order valence-electron chi connectivity index (χ2n) is 3.33. The largest absolute Gasteiger partial charge is 0.247 e. The van der Waals surface area contributed by atoms with Crippen LogP contribution in [0.2, 0.25) is 0 Å². The third-order valence-electron chi connectivity index (χ3n) is 2.56. The van der Waals surface area contributed by atoms with E-state index in [0.717, 1.165) is 6.42 Å². The summed E-state index contributed by atoms with van der Waals surface area (Å²) in [6, 6.07) is 2.05. The van der Waals surface area contributed by atoms with Crippen molar-refractivity contribution in [1.29, 1.82) is 5.26 Å². The van der Waals surface area contributed by atoms with Crippen LogP contribution >= 0.6 is 0 Å². The zero-order valence-electron chi connectivity index (χ0n) is 7.17. The zero-order chi connectivity index (χ0) is 8.97. The number of alkyl halides is 1. The fraction of sp³-hybridized carbons (Fsp3) is 0.700. The van der Waals surface area contributed by atoms with E-state index >= 15 is 0 Å². The van der Waals surface area contributed by atoms with E-state index in [4.69, 9.17) is 5.26 Å². The highest BCUT2D eigenvalue weighted by Crippen LogP contribution is 2.37. The Hall–Kier alpha value is -0.580. The molecule has 1 fully saturated rings. The zero-order valence-corrected chi connectivity index (χ0v) is 7.17. The molecule has 0 amide bonds. The van der Waals surface area contributed by atoms with Gasteiger partial charge in [0.05, 0.1) is 6.07 Å². The molecule has 1 saturated carbocycles. The summed E-state index contributed by atoms with van der Waals surface area (Å²) < 4.78 is 13.4. The summed E-state index contributed by atoms with van der Waals surface area (Å²) in [5, 5.41) is 8.34. The molecule has 3 atom stereocenters. The van der Waals surface area contributed by atoms with Gasteiger partial charge in [-0.3, -0.25) is 0 Å².